The van der Waals surface area contributed by atoms with Gasteiger partial charge in [0.15, 0.2) is 0 Å². The Balaban J connectivity index is 1.64. The van der Waals surface area contributed by atoms with E-state index < -0.39 is 0 Å². The van der Waals surface area contributed by atoms with Crippen LogP contribution in [0.2, 0.25) is 10.0 Å². The molecule has 3 nitrogen and oxygen atoms in total. The summed E-state index contributed by atoms with van der Waals surface area (Å²) in [5, 5.41) is 4.35. The molecule has 0 amide bonds. The van der Waals surface area contributed by atoms with Gasteiger partial charge in [-0.15, -0.1) is 0 Å². The van der Waals surface area contributed by atoms with E-state index in [0.717, 1.165) is 31.6 Å². The molecule has 3 rings (SSSR count). The second-order valence-electron chi connectivity index (χ2n) is 6.01. The Labute approximate surface area is 157 Å². The van der Waals surface area contributed by atoms with Crippen molar-refractivity contribution in [1.82, 2.24) is 5.32 Å². The van der Waals surface area contributed by atoms with Crippen LogP contribution in [0.15, 0.2) is 36.4 Å². The van der Waals surface area contributed by atoms with Crippen molar-refractivity contribution in [2.45, 2.75) is 32.1 Å². The highest BCUT2D eigenvalue weighted by atomic mass is 35.5. The molecule has 1 atom stereocenters. The molecule has 0 spiro atoms. The summed E-state index contributed by atoms with van der Waals surface area (Å²) in [5.41, 5.74) is 1.26. The molecule has 1 fully saturated rings. The van der Waals surface area contributed by atoms with Gasteiger partial charge in [0.05, 0.1) is 11.1 Å². The molecular weight excluding hydrogens is 364 g/mol. The van der Waals surface area contributed by atoms with E-state index in [1.807, 2.05) is 6.07 Å². The van der Waals surface area contributed by atoms with Crippen LogP contribution in [0.5, 0.6) is 5.75 Å². The van der Waals surface area contributed by atoms with Gasteiger partial charge in [0.2, 0.25) is 0 Å². The summed E-state index contributed by atoms with van der Waals surface area (Å²) in [5.74, 6) is 0.281. The smallest absolute Gasteiger partial charge is 0.131 e. The van der Waals surface area contributed by atoms with Crippen molar-refractivity contribution in [2.75, 3.05) is 13.2 Å². The molecule has 2 aromatic carbocycles. The molecule has 1 aliphatic heterocycles. The summed E-state index contributed by atoms with van der Waals surface area (Å²) < 4.78 is 25.3. The van der Waals surface area contributed by atoms with Crippen LogP contribution < -0.4 is 10.1 Å². The van der Waals surface area contributed by atoms with E-state index in [1.54, 1.807) is 24.3 Å². The van der Waals surface area contributed by atoms with Gasteiger partial charge in [0, 0.05) is 35.8 Å². The molecule has 0 unspecified atom stereocenters. The first-order valence-electron chi connectivity index (χ1n) is 8.30. The van der Waals surface area contributed by atoms with E-state index in [9.17, 15) is 4.39 Å². The number of ether oxygens (including phenoxy) is 2. The lowest BCUT2D eigenvalue weighted by Crippen LogP contribution is -2.26. The molecule has 2 aromatic rings. The highest BCUT2D eigenvalue weighted by Gasteiger charge is 2.15. The predicted octanol–water partition coefficient (Wildman–Crippen LogP) is 4.98. The van der Waals surface area contributed by atoms with E-state index in [4.69, 9.17) is 32.7 Å². The summed E-state index contributed by atoms with van der Waals surface area (Å²) in [6.45, 7) is 2.28. The molecule has 0 bridgehead atoms. The van der Waals surface area contributed by atoms with Gasteiger partial charge in [-0.3, -0.25) is 0 Å². The van der Waals surface area contributed by atoms with Crippen LogP contribution >= 0.6 is 23.2 Å². The topological polar surface area (TPSA) is 30.5 Å². The first-order valence-corrected chi connectivity index (χ1v) is 9.05. The minimum absolute atomic E-state index is 0.0614. The lowest BCUT2D eigenvalue weighted by atomic mass is 10.2. The molecule has 0 aromatic heterocycles. The maximum atomic E-state index is 13.9. The van der Waals surface area contributed by atoms with Crippen LogP contribution in [0.1, 0.15) is 24.0 Å². The van der Waals surface area contributed by atoms with E-state index in [2.05, 4.69) is 5.32 Å². The highest BCUT2D eigenvalue weighted by molar-refractivity contribution is 6.31. The van der Waals surface area contributed by atoms with Crippen molar-refractivity contribution in [3.8, 4) is 5.75 Å². The highest BCUT2D eigenvalue weighted by Crippen LogP contribution is 2.26. The fourth-order valence-electron chi connectivity index (χ4n) is 2.82. The van der Waals surface area contributed by atoms with Crippen LogP contribution in [0.25, 0.3) is 0 Å². The number of nitrogens with one attached hydrogen (secondary N) is 1. The average molecular weight is 384 g/mol. The lowest BCUT2D eigenvalue weighted by Gasteiger charge is -2.15. The Bertz CT molecular complexity index is 700. The quantitative estimate of drug-likeness (QED) is 0.731. The molecule has 1 aliphatic rings. The van der Waals surface area contributed by atoms with Gasteiger partial charge in [-0.25, -0.2) is 4.39 Å². The third-order valence-electron chi connectivity index (χ3n) is 4.17. The molecule has 1 saturated heterocycles. The van der Waals surface area contributed by atoms with Gasteiger partial charge in [-0.2, -0.15) is 0 Å². The normalized spacial score (nSPS) is 17.0. The summed E-state index contributed by atoms with van der Waals surface area (Å²) >= 11 is 12.2. The average Bonchev–Trinajstić information content (AvgIpc) is 3.09. The maximum Gasteiger partial charge on any atom is 0.131 e. The van der Waals surface area contributed by atoms with Crippen LogP contribution in [0, 0.1) is 5.82 Å². The van der Waals surface area contributed by atoms with Gasteiger partial charge in [-0.1, -0.05) is 29.3 Å². The zero-order chi connectivity index (χ0) is 17.6. The van der Waals surface area contributed by atoms with E-state index in [1.165, 1.54) is 6.07 Å². The van der Waals surface area contributed by atoms with Crippen molar-refractivity contribution in [1.29, 1.82) is 0 Å². The number of rotatable bonds is 7. The molecule has 1 heterocycles. The van der Waals surface area contributed by atoms with Crippen LogP contribution in [-0.4, -0.2) is 19.3 Å². The van der Waals surface area contributed by atoms with E-state index >= 15 is 0 Å². The van der Waals surface area contributed by atoms with Crippen molar-refractivity contribution < 1.29 is 13.9 Å². The standard InChI is InChI=1S/C19H20Cl2FNO2/c20-14-6-7-19(25-12-16-17(21)4-1-5-18(16)22)13(9-14)10-23-11-15-3-2-8-24-15/h1,4-7,9,15,23H,2-3,8,10-12H2/t15-/m1/s1. The molecule has 0 saturated carbocycles. The third kappa shape index (κ3) is 5.08. The van der Waals surface area contributed by atoms with Gasteiger partial charge in [0.25, 0.3) is 0 Å². The Morgan fingerprint density at radius 1 is 1.24 bits per heavy atom. The number of halogens is 3. The number of hydrogen-bond acceptors (Lipinski definition) is 3. The number of benzene rings is 2. The van der Waals surface area contributed by atoms with Crippen molar-refractivity contribution >= 4 is 23.2 Å². The Morgan fingerprint density at radius 3 is 2.88 bits per heavy atom. The molecule has 0 aliphatic carbocycles. The number of hydrogen-bond donors (Lipinski definition) is 1. The van der Waals surface area contributed by atoms with Gasteiger partial charge in [-0.05, 0) is 43.2 Å². The summed E-state index contributed by atoms with van der Waals surface area (Å²) in [6, 6.07) is 9.99. The molecule has 6 heteroatoms. The van der Waals surface area contributed by atoms with E-state index in [-0.39, 0.29) is 18.5 Å². The predicted molar refractivity (Wildman–Crippen MR) is 97.9 cm³/mol. The summed E-state index contributed by atoms with van der Waals surface area (Å²) in [4.78, 5) is 0. The molecule has 0 radical (unpaired) electrons. The second-order valence-corrected chi connectivity index (χ2v) is 6.85. The lowest BCUT2D eigenvalue weighted by molar-refractivity contribution is 0.110. The maximum absolute atomic E-state index is 13.9. The summed E-state index contributed by atoms with van der Waals surface area (Å²) in [7, 11) is 0. The van der Waals surface area contributed by atoms with Crippen LogP contribution in [-0.2, 0) is 17.9 Å². The van der Waals surface area contributed by atoms with Crippen molar-refractivity contribution in [2.24, 2.45) is 0 Å². The van der Waals surface area contributed by atoms with Crippen molar-refractivity contribution in [3.63, 3.8) is 0 Å². The zero-order valence-corrected chi connectivity index (χ0v) is 15.2. The van der Waals surface area contributed by atoms with Gasteiger partial charge in [0.1, 0.15) is 18.2 Å². The first-order chi connectivity index (χ1) is 12.1. The van der Waals surface area contributed by atoms with Gasteiger partial charge >= 0.3 is 0 Å². The first kappa shape index (κ1) is 18.5. The van der Waals surface area contributed by atoms with E-state index in [0.29, 0.717) is 27.9 Å². The molecule has 1 N–H and O–H groups in total. The van der Waals surface area contributed by atoms with Gasteiger partial charge < -0.3 is 14.8 Å². The van der Waals surface area contributed by atoms with Crippen LogP contribution in [0.4, 0.5) is 4.39 Å². The van der Waals surface area contributed by atoms with Crippen molar-refractivity contribution in [3.05, 3.63) is 63.4 Å². The largest absolute Gasteiger partial charge is 0.488 e. The Hall–Kier alpha value is -1.33. The third-order valence-corrected chi connectivity index (χ3v) is 4.76. The summed E-state index contributed by atoms with van der Waals surface area (Å²) in [6.07, 6.45) is 2.46. The fourth-order valence-corrected chi connectivity index (χ4v) is 3.23. The Kier molecular flexibility index (Phi) is 6.54. The molecule has 134 valence electrons. The molecular formula is C19H20Cl2FNO2. The second kappa shape index (κ2) is 8.86. The zero-order valence-electron chi connectivity index (χ0n) is 13.7. The minimum Gasteiger partial charge on any atom is -0.488 e. The SMILES string of the molecule is Fc1cccc(Cl)c1COc1ccc(Cl)cc1CNC[C@H]1CCCO1. The monoisotopic (exact) mass is 383 g/mol. The van der Waals surface area contributed by atoms with Crippen LogP contribution in [0.3, 0.4) is 0 Å². The molecule has 25 heavy (non-hydrogen) atoms. The Morgan fingerprint density at radius 2 is 2.12 bits per heavy atom. The fraction of sp³-hybridized carbons (Fsp3) is 0.368. The minimum atomic E-state index is -0.375.